The number of halogens is 4. The Bertz CT molecular complexity index is 943. The quantitative estimate of drug-likeness (QED) is 0.243. The van der Waals surface area contributed by atoms with Gasteiger partial charge in [-0.3, -0.25) is 4.79 Å². The first-order valence-electron chi connectivity index (χ1n) is 8.91. The number of carbonyl (C=O) groups is 1. The number of hydrazone groups is 1. The number of nitrogens with zero attached hydrogens (tertiary/aromatic N) is 1. The van der Waals surface area contributed by atoms with Crippen molar-refractivity contribution in [2.45, 2.75) is 25.7 Å². The molecule has 0 unspecified atom stereocenters. The van der Waals surface area contributed by atoms with E-state index in [0.717, 1.165) is 24.0 Å². The Balaban J connectivity index is 1.59. The third-order valence-electron chi connectivity index (χ3n) is 4.19. The molecule has 1 fully saturated rings. The summed E-state index contributed by atoms with van der Waals surface area (Å²) in [6.45, 7) is 3.05. The molecule has 1 aliphatic rings. The van der Waals surface area contributed by atoms with Gasteiger partial charge in [0.2, 0.25) is 5.91 Å². The third-order valence-corrected chi connectivity index (χ3v) is 6.38. The van der Waals surface area contributed by atoms with Crippen LogP contribution in [0.4, 0.5) is 0 Å². The van der Waals surface area contributed by atoms with Gasteiger partial charge in [0.15, 0.2) is 5.79 Å². The Morgan fingerprint density at radius 1 is 1.23 bits per heavy atom. The van der Waals surface area contributed by atoms with Gasteiger partial charge in [0.1, 0.15) is 12.4 Å². The first-order valence-corrected chi connectivity index (χ1v) is 11.8. The number of rotatable bonds is 7. The van der Waals surface area contributed by atoms with Crippen LogP contribution >= 0.6 is 68.4 Å². The lowest BCUT2D eigenvalue weighted by atomic mass is 10.2. The zero-order valence-electron chi connectivity index (χ0n) is 15.9. The minimum absolute atomic E-state index is 0.0828. The maximum absolute atomic E-state index is 12.0. The predicted octanol–water partition coefficient (Wildman–Crippen LogP) is 5.38. The summed E-state index contributed by atoms with van der Waals surface area (Å²) in [7, 11) is 0. The molecule has 10 heteroatoms. The summed E-state index contributed by atoms with van der Waals surface area (Å²) < 4.78 is 18.6. The summed E-state index contributed by atoms with van der Waals surface area (Å²) >= 11 is 16.5. The monoisotopic (exact) mass is 674 g/mol. The molecule has 0 aliphatic carbocycles. The molecule has 0 radical (unpaired) electrons. The lowest BCUT2D eigenvalue weighted by molar-refractivity contribution is -0.159. The van der Waals surface area contributed by atoms with Crippen LogP contribution in [0.15, 0.2) is 35.4 Å². The van der Waals surface area contributed by atoms with Gasteiger partial charge >= 0.3 is 0 Å². The summed E-state index contributed by atoms with van der Waals surface area (Å²) in [6.07, 6.45) is 1.67. The molecular weight excluding hydrogens is 657 g/mol. The lowest BCUT2D eigenvalue weighted by Crippen LogP contribution is -2.33. The van der Waals surface area contributed by atoms with Crippen molar-refractivity contribution in [2.75, 3.05) is 13.2 Å². The Kier molecular flexibility index (Phi) is 8.62. The van der Waals surface area contributed by atoms with Crippen LogP contribution in [0.1, 0.15) is 24.5 Å². The van der Waals surface area contributed by atoms with E-state index >= 15 is 0 Å². The summed E-state index contributed by atoms with van der Waals surface area (Å²) in [6, 6.07) is 9.15. The number of carbonyl (C=O) groups excluding carboxylic acids is 1. The highest BCUT2D eigenvalue weighted by atomic mass is 127. The van der Waals surface area contributed by atoms with Crippen molar-refractivity contribution >= 4 is 80.5 Å². The van der Waals surface area contributed by atoms with Crippen LogP contribution in [0.5, 0.6) is 5.75 Å². The highest BCUT2D eigenvalue weighted by Crippen LogP contribution is 2.30. The molecular formula is C20H18Cl2I2N2O4. The average Bonchev–Trinajstić information content (AvgIpc) is 3.08. The van der Waals surface area contributed by atoms with E-state index in [1.165, 1.54) is 0 Å². The Morgan fingerprint density at radius 2 is 1.90 bits per heavy atom. The molecule has 6 nitrogen and oxygen atoms in total. The van der Waals surface area contributed by atoms with Gasteiger partial charge in [0.05, 0.1) is 33.0 Å². The zero-order chi connectivity index (χ0) is 21.7. The van der Waals surface area contributed by atoms with Crippen molar-refractivity contribution in [1.82, 2.24) is 5.43 Å². The van der Waals surface area contributed by atoms with Gasteiger partial charge < -0.3 is 14.2 Å². The minimum atomic E-state index is -0.879. The van der Waals surface area contributed by atoms with Gasteiger partial charge in [-0.1, -0.05) is 29.3 Å². The van der Waals surface area contributed by atoms with Crippen molar-refractivity contribution in [3.63, 3.8) is 0 Å². The maximum Gasteiger partial charge on any atom is 0.245 e. The molecule has 2 aromatic carbocycles. The van der Waals surface area contributed by atoms with E-state index in [-0.39, 0.29) is 12.3 Å². The normalized spacial score (nSPS) is 15.5. The van der Waals surface area contributed by atoms with Crippen molar-refractivity contribution in [2.24, 2.45) is 5.10 Å². The van der Waals surface area contributed by atoms with E-state index in [1.54, 1.807) is 25.3 Å². The van der Waals surface area contributed by atoms with Crippen molar-refractivity contribution in [1.29, 1.82) is 0 Å². The van der Waals surface area contributed by atoms with Crippen molar-refractivity contribution < 1.29 is 19.0 Å². The van der Waals surface area contributed by atoms with Crippen LogP contribution in [0.2, 0.25) is 10.0 Å². The Hall–Kier alpha value is -0.660. The second-order valence-corrected chi connectivity index (χ2v) is 9.81. The number of nitrogens with one attached hydrogen (secondary N) is 1. The van der Waals surface area contributed by atoms with Crippen LogP contribution in [-0.4, -0.2) is 31.1 Å². The molecule has 0 bridgehead atoms. The fourth-order valence-electron chi connectivity index (χ4n) is 2.75. The number of amides is 1. The maximum atomic E-state index is 12.0. The van der Waals surface area contributed by atoms with E-state index in [9.17, 15) is 4.79 Å². The van der Waals surface area contributed by atoms with Gasteiger partial charge in [-0.15, -0.1) is 0 Å². The lowest BCUT2D eigenvalue weighted by Gasteiger charge is -2.20. The van der Waals surface area contributed by atoms with Crippen LogP contribution in [0.25, 0.3) is 0 Å². The van der Waals surface area contributed by atoms with Crippen LogP contribution < -0.4 is 10.2 Å². The molecule has 30 heavy (non-hydrogen) atoms. The van der Waals surface area contributed by atoms with Gasteiger partial charge in [-0.2, -0.15) is 5.10 Å². The van der Waals surface area contributed by atoms with Crippen molar-refractivity contribution in [3.8, 4) is 5.75 Å². The van der Waals surface area contributed by atoms with E-state index in [1.807, 2.05) is 18.2 Å². The van der Waals surface area contributed by atoms with Gasteiger partial charge in [-0.25, -0.2) is 5.43 Å². The van der Waals surface area contributed by atoms with E-state index in [0.29, 0.717) is 29.9 Å². The predicted molar refractivity (Wildman–Crippen MR) is 133 cm³/mol. The molecule has 1 amide bonds. The van der Waals surface area contributed by atoms with Gasteiger partial charge in [0, 0.05) is 15.6 Å². The smallest absolute Gasteiger partial charge is 0.245 e. The van der Waals surface area contributed by atoms with Crippen molar-refractivity contribution in [3.05, 3.63) is 58.6 Å². The summed E-state index contributed by atoms with van der Waals surface area (Å²) in [5.74, 6) is -0.400. The molecule has 0 saturated carbocycles. The molecule has 0 aromatic heterocycles. The highest BCUT2D eigenvalue weighted by Gasteiger charge is 2.33. The first-order chi connectivity index (χ1) is 14.3. The molecule has 0 spiro atoms. The Labute approximate surface area is 211 Å². The summed E-state index contributed by atoms with van der Waals surface area (Å²) in [5.41, 5.74) is 4.19. The number of benzene rings is 2. The fraction of sp³-hybridized carbons (Fsp3) is 0.300. The van der Waals surface area contributed by atoms with Gasteiger partial charge in [-0.05, 0) is 81.9 Å². The standard InChI is InChI=1S/C20H18Cl2I2N2O4/c1-20(29-4-5-30-20)9-18(27)26-25-10-12-6-16(23)19(17(24)7-12)28-11-13-2-3-14(21)8-15(13)22/h2-3,6-8,10H,4-5,9,11H2,1H3,(H,26,27)/b25-10-. The average molecular weight is 675 g/mol. The largest absolute Gasteiger partial charge is 0.487 e. The summed E-state index contributed by atoms with van der Waals surface area (Å²) in [4.78, 5) is 12.0. The molecule has 3 rings (SSSR count). The molecule has 2 aromatic rings. The minimum Gasteiger partial charge on any atom is -0.487 e. The van der Waals surface area contributed by atoms with E-state index in [4.69, 9.17) is 37.4 Å². The topological polar surface area (TPSA) is 69.2 Å². The highest BCUT2D eigenvalue weighted by molar-refractivity contribution is 14.1. The summed E-state index contributed by atoms with van der Waals surface area (Å²) in [5, 5.41) is 5.18. The second-order valence-electron chi connectivity index (χ2n) is 6.64. The zero-order valence-corrected chi connectivity index (χ0v) is 21.7. The molecule has 0 atom stereocenters. The number of hydrogen-bond acceptors (Lipinski definition) is 5. The van der Waals surface area contributed by atoms with Crippen LogP contribution in [0.3, 0.4) is 0 Å². The second kappa shape index (κ2) is 10.8. The third kappa shape index (κ3) is 6.67. The number of hydrogen-bond donors (Lipinski definition) is 1. The SMILES string of the molecule is CC1(CC(=O)N/N=C\c2cc(I)c(OCc3ccc(Cl)cc3Cl)c(I)c2)OCCO1. The Morgan fingerprint density at radius 3 is 2.53 bits per heavy atom. The fourth-order valence-corrected chi connectivity index (χ4v) is 5.34. The molecule has 1 saturated heterocycles. The molecule has 1 aliphatic heterocycles. The first kappa shape index (κ1) is 24.0. The molecule has 160 valence electrons. The van der Waals surface area contributed by atoms with E-state index < -0.39 is 5.79 Å². The van der Waals surface area contributed by atoms with Crippen LogP contribution in [-0.2, 0) is 20.9 Å². The van der Waals surface area contributed by atoms with E-state index in [2.05, 4.69) is 55.7 Å². The van der Waals surface area contributed by atoms with Crippen LogP contribution in [0, 0.1) is 7.14 Å². The number of ether oxygens (including phenoxy) is 3. The molecule has 1 heterocycles. The van der Waals surface area contributed by atoms with Gasteiger partial charge in [0.25, 0.3) is 0 Å². The molecule has 1 N–H and O–H groups in total.